The standard InChI is InChI=1S/C14H20BrN3O/c1-10-7-12(15)3-4-13(10)18-6-5-17(9-14(18)19)11(2)8-16/h3-4,7,11H,5-6,8-9,16H2,1-2H3. The SMILES string of the molecule is Cc1cc(Br)ccc1N1CCN(C(C)CN)CC1=O. The molecule has 0 radical (unpaired) electrons. The monoisotopic (exact) mass is 325 g/mol. The Labute approximate surface area is 122 Å². The molecule has 19 heavy (non-hydrogen) atoms. The van der Waals surface area contributed by atoms with Crippen LogP contribution in [0.1, 0.15) is 12.5 Å². The largest absolute Gasteiger partial charge is 0.329 e. The fourth-order valence-corrected chi connectivity index (χ4v) is 2.87. The van der Waals surface area contributed by atoms with Crippen LogP contribution >= 0.6 is 15.9 Å². The number of benzene rings is 1. The number of nitrogens with zero attached hydrogens (tertiary/aromatic N) is 2. The van der Waals surface area contributed by atoms with Crippen LogP contribution in [0.15, 0.2) is 22.7 Å². The van der Waals surface area contributed by atoms with Crippen LogP contribution in [0.5, 0.6) is 0 Å². The fourth-order valence-electron chi connectivity index (χ4n) is 2.39. The van der Waals surface area contributed by atoms with Crippen molar-refractivity contribution in [3.05, 3.63) is 28.2 Å². The van der Waals surface area contributed by atoms with Crippen LogP contribution in [0.4, 0.5) is 5.69 Å². The molecule has 1 heterocycles. The highest BCUT2D eigenvalue weighted by atomic mass is 79.9. The average Bonchev–Trinajstić information content (AvgIpc) is 2.38. The van der Waals surface area contributed by atoms with Crippen LogP contribution in [-0.4, -0.2) is 43.0 Å². The van der Waals surface area contributed by atoms with Gasteiger partial charge in [0.1, 0.15) is 0 Å². The van der Waals surface area contributed by atoms with Gasteiger partial charge in [-0.15, -0.1) is 0 Å². The van der Waals surface area contributed by atoms with Crippen molar-refractivity contribution in [1.29, 1.82) is 0 Å². The molecular weight excluding hydrogens is 306 g/mol. The van der Waals surface area contributed by atoms with E-state index in [-0.39, 0.29) is 11.9 Å². The van der Waals surface area contributed by atoms with E-state index in [1.54, 1.807) is 0 Å². The second-order valence-electron chi connectivity index (χ2n) is 5.03. The summed E-state index contributed by atoms with van der Waals surface area (Å²) in [4.78, 5) is 16.3. The number of nitrogens with two attached hydrogens (primary N) is 1. The van der Waals surface area contributed by atoms with Crippen molar-refractivity contribution in [2.75, 3.05) is 31.1 Å². The Morgan fingerprint density at radius 2 is 2.16 bits per heavy atom. The number of amides is 1. The highest BCUT2D eigenvalue weighted by Gasteiger charge is 2.27. The summed E-state index contributed by atoms with van der Waals surface area (Å²) in [5.74, 6) is 0.150. The number of hydrogen-bond acceptors (Lipinski definition) is 3. The Bertz CT molecular complexity index is 478. The molecule has 0 aromatic heterocycles. The van der Waals surface area contributed by atoms with Gasteiger partial charge in [-0.2, -0.15) is 0 Å². The molecule has 1 atom stereocenters. The van der Waals surface area contributed by atoms with Crippen molar-refractivity contribution in [3.63, 3.8) is 0 Å². The number of halogens is 1. The van der Waals surface area contributed by atoms with Crippen molar-refractivity contribution < 1.29 is 4.79 Å². The summed E-state index contributed by atoms with van der Waals surface area (Å²) in [6.45, 7) is 6.74. The van der Waals surface area contributed by atoms with E-state index in [4.69, 9.17) is 5.73 Å². The van der Waals surface area contributed by atoms with E-state index in [0.717, 1.165) is 28.8 Å². The van der Waals surface area contributed by atoms with Crippen molar-refractivity contribution in [2.24, 2.45) is 5.73 Å². The first-order chi connectivity index (χ1) is 9.02. The maximum atomic E-state index is 12.3. The zero-order chi connectivity index (χ0) is 14.0. The second kappa shape index (κ2) is 6.03. The molecule has 5 heteroatoms. The lowest BCUT2D eigenvalue weighted by atomic mass is 10.1. The molecule has 0 spiro atoms. The smallest absolute Gasteiger partial charge is 0.241 e. The predicted molar refractivity (Wildman–Crippen MR) is 81.3 cm³/mol. The summed E-state index contributed by atoms with van der Waals surface area (Å²) in [5.41, 5.74) is 7.78. The van der Waals surface area contributed by atoms with Crippen molar-refractivity contribution in [3.8, 4) is 0 Å². The third-order valence-corrected chi connectivity index (χ3v) is 4.16. The van der Waals surface area contributed by atoms with E-state index in [1.807, 2.05) is 30.0 Å². The number of rotatable bonds is 3. The van der Waals surface area contributed by atoms with Gasteiger partial charge in [-0.25, -0.2) is 0 Å². The fraction of sp³-hybridized carbons (Fsp3) is 0.500. The summed E-state index contributed by atoms with van der Waals surface area (Å²) in [6.07, 6.45) is 0. The maximum Gasteiger partial charge on any atom is 0.241 e. The van der Waals surface area contributed by atoms with Gasteiger partial charge < -0.3 is 10.6 Å². The van der Waals surface area contributed by atoms with E-state index in [1.165, 1.54) is 0 Å². The zero-order valence-electron chi connectivity index (χ0n) is 11.4. The predicted octanol–water partition coefficient (Wildman–Crippen LogP) is 1.75. The zero-order valence-corrected chi connectivity index (χ0v) is 13.0. The Morgan fingerprint density at radius 3 is 2.74 bits per heavy atom. The molecule has 2 rings (SSSR count). The van der Waals surface area contributed by atoms with Gasteiger partial charge in [0.2, 0.25) is 5.91 Å². The Kier molecular flexibility index (Phi) is 4.60. The number of anilines is 1. The van der Waals surface area contributed by atoms with E-state index in [2.05, 4.69) is 27.8 Å². The highest BCUT2D eigenvalue weighted by Crippen LogP contribution is 2.25. The maximum absolute atomic E-state index is 12.3. The van der Waals surface area contributed by atoms with E-state index in [0.29, 0.717) is 13.1 Å². The normalized spacial score (nSPS) is 18.7. The topological polar surface area (TPSA) is 49.6 Å². The van der Waals surface area contributed by atoms with Gasteiger partial charge in [-0.3, -0.25) is 9.69 Å². The van der Waals surface area contributed by atoms with Crippen molar-refractivity contribution >= 4 is 27.5 Å². The van der Waals surface area contributed by atoms with Crippen molar-refractivity contribution in [2.45, 2.75) is 19.9 Å². The number of hydrogen-bond donors (Lipinski definition) is 1. The average molecular weight is 326 g/mol. The first-order valence-electron chi connectivity index (χ1n) is 6.53. The molecule has 1 aromatic carbocycles. The molecular formula is C14H20BrN3O. The molecule has 1 unspecified atom stereocenters. The summed E-state index contributed by atoms with van der Waals surface area (Å²) >= 11 is 3.45. The summed E-state index contributed by atoms with van der Waals surface area (Å²) < 4.78 is 1.04. The molecule has 1 aliphatic rings. The van der Waals surface area contributed by atoms with E-state index >= 15 is 0 Å². The van der Waals surface area contributed by atoms with E-state index in [9.17, 15) is 4.79 Å². The third-order valence-electron chi connectivity index (χ3n) is 3.66. The van der Waals surface area contributed by atoms with Crippen molar-refractivity contribution in [1.82, 2.24) is 4.90 Å². The minimum atomic E-state index is 0.150. The highest BCUT2D eigenvalue weighted by molar-refractivity contribution is 9.10. The molecule has 2 N–H and O–H groups in total. The van der Waals surface area contributed by atoms with Crippen LogP contribution in [0.2, 0.25) is 0 Å². The summed E-state index contributed by atoms with van der Waals surface area (Å²) in [5, 5.41) is 0. The Balaban J connectivity index is 2.14. The van der Waals surface area contributed by atoms with Crippen LogP contribution < -0.4 is 10.6 Å². The molecule has 4 nitrogen and oxygen atoms in total. The molecule has 0 aliphatic carbocycles. The molecule has 1 amide bonds. The van der Waals surface area contributed by atoms with Gasteiger partial charge >= 0.3 is 0 Å². The number of carbonyl (C=O) groups excluding carboxylic acids is 1. The first-order valence-corrected chi connectivity index (χ1v) is 7.33. The van der Waals surface area contributed by atoms with Gasteiger partial charge in [0.25, 0.3) is 0 Å². The lowest BCUT2D eigenvalue weighted by Gasteiger charge is -2.37. The van der Waals surface area contributed by atoms with Crippen LogP contribution in [-0.2, 0) is 4.79 Å². The Hall–Kier alpha value is -0.910. The minimum Gasteiger partial charge on any atom is -0.329 e. The molecule has 1 aromatic rings. The van der Waals surface area contributed by atoms with E-state index < -0.39 is 0 Å². The quantitative estimate of drug-likeness (QED) is 0.921. The third kappa shape index (κ3) is 3.16. The van der Waals surface area contributed by atoms with Gasteiger partial charge in [-0.1, -0.05) is 15.9 Å². The van der Waals surface area contributed by atoms with Gasteiger partial charge in [0, 0.05) is 35.8 Å². The number of carbonyl (C=O) groups is 1. The second-order valence-corrected chi connectivity index (χ2v) is 5.95. The Morgan fingerprint density at radius 1 is 1.42 bits per heavy atom. The number of aryl methyl sites for hydroxylation is 1. The molecule has 1 fully saturated rings. The summed E-state index contributed by atoms with van der Waals surface area (Å²) in [7, 11) is 0. The molecule has 0 saturated carbocycles. The van der Waals surface area contributed by atoms with Crippen LogP contribution in [0, 0.1) is 6.92 Å². The lowest BCUT2D eigenvalue weighted by molar-refractivity contribution is -0.121. The first kappa shape index (κ1) is 14.5. The van der Waals surface area contributed by atoms with Gasteiger partial charge in [0.05, 0.1) is 6.54 Å². The minimum absolute atomic E-state index is 0.150. The van der Waals surface area contributed by atoms with Crippen LogP contribution in [0.25, 0.3) is 0 Å². The van der Waals surface area contributed by atoms with Gasteiger partial charge in [0.15, 0.2) is 0 Å². The van der Waals surface area contributed by atoms with Gasteiger partial charge in [-0.05, 0) is 37.6 Å². The molecule has 1 aliphatic heterocycles. The molecule has 1 saturated heterocycles. The lowest BCUT2D eigenvalue weighted by Crippen LogP contribution is -2.54. The molecule has 0 bridgehead atoms. The summed E-state index contributed by atoms with van der Waals surface area (Å²) in [6, 6.07) is 6.28. The molecule has 104 valence electrons. The number of piperazine rings is 1. The van der Waals surface area contributed by atoms with Crippen LogP contribution in [0.3, 0.4) is 0 Å².